The molecule has 16 heavy (non-hydrogen) atoms. The van der Waals surface area contributed by atoms with Crippen LogP contribution < -0.4 is 0 Å². The van der Waals surface area contributed by atoms with Gasteiger partial charge in [0.15, 0.2) is 0 Å². The van der Waals surface area contributed by atoms with Gasteiger partial charge in [0.05, 0.1) is 0 Å². The van der Waals surface area contributed by atoms with Crippen LogP contribution in [0.25, 0.3) is 16.9 Å². The Morgan fingerprint density at radius 3 is 2.94 bits per heavy atom. The number of imidazole rings is 1. The zero-order valence-electron chi connectivity index (χ0n) is 8.21. The van der Waals surface area contributed by atoms with E-state index in [9.17, 15) is 4.39 Å². The number of halogens is 1. The zero-order valence-corrected chi connectivity index (χ0v) is 8.21. The molecule has 0 radical (unpaired) electrons. The summed E-state index contributed by atoms with van der Waals surface area (Å²) in [4.78, 5) is 11.7. The maximum atomic E-state index is 13.4. The monoisotopic (exact) mass is 214 g/mol. The first kappa shape index (κ1) is 8.96. The van der Waals surface area contributed by atoms with Crippen molar-refractivity contribution in [2.24, 2.45) is 0 Å². The quantitative estimate of drug-likeness (QED) is 0.581. The highest BCUT2D eigenvalue weighted by Gasteiger charge is 2.06. The first-order valence-corrected chi connectivity index (χ1v) is 4.74. The van der Waals surface area contributed by atoms with Crippen LogP contribution in [-0.4, -0.2) is 19.4 Å². The summed E-state index contributed by atoms with van der Waals surface area (Å²) in [7, 11) is 0. The Labute approximate surface area is 90.4 Å². The highest BCUT2D eigenvalue weighted by Crippen LogP contribution is 2.19. The lowest BCUT2D eigenvalue weighted by atomic mass is 10.1. The Morgan fingerprint density at radius 2 is 2.06 bits per heavy atom. The smallest absolute Gasteiger partial charge is 0.233 e. The molecule has 3 aromatic heterocycles. The van der Waals surface area contributed by atoms with Crippen LogP contribution in [0.4, 0.5) is 4.39 Å². The summed E-state index contributed by atoms with van der Waals surface area (Å²) < 4.78 is 15.2. The topological polar surface area (TPSA) is 43.1 Å². The van der Waals surface area contributed by atoms with Crippen LogP contribution in [0.1, 0.15) is 0 Å². The van der Waals surface area contributed by atoms with Crippen molar-refractivity contribution in [1.29, 1.82) is 0 Å². The normalized spacial score (nSPS) is 10.8. The molecule has 0 amide bonds. The summed E-state index contributed by atoms with van der Waals surface area (Å²) in [6.45, 7) is 0. The minimum atomic E-state index is -0.497. The molecule has 0 saturated carbocycles. The number of nitrogens with zero attached hydrogens (tertiary/aromatic N) is 4. The highest BCUT2D eigenvalue weighted by atomic mass is 19.1. The van der Waals surface area contributed by atoms with Crippen molar-refractivity contribution >= 4 is 5.78 Å². The van der Waals surface area contributed by atoms with Crippen LogP contribution in [0.2, 0.25) is 0 Å². The number of aromatic nitrogens is 4. The molecular weight excluding hydrogens is 207 g/mol. The van der Waals surface area contributed by atoms with E-state index in [0.29, 0.717) is 16.9 Å². The van der Waals surface area contributed by atoms with Gasteiger partial charge in [0, 0.05) is 42.1 Å². The summed E-state index contributed by atoms with van der Waals surface area (Å²) >= 11 is 0. The van der Waals surface area contributed by atoms with Crippen LogP contribution in [-0.2, 0) is 0 Å². The van der Waals surface area contributed by atoms with E-state index < -0.39 is 5.95 Å². The van der Waals surface area contributed by atoms with Gasteiger partial charge in [-0.15, -0.1) is 0 Å². The van der Waals surface area contributed by atoms with E-state index in [4.69, 9.17) is 0 Å². The maximum absolute atomic E-state index is 13.4. The minimum Gasteiger partial charge on any atom is -0.291 e. The molecule has 0 unspecified atom stereocenters. The third-order valence-corrected chi connectivity index (χ3v) is 2.32. The van der Waals surface area contributed by atoms with E-state index in [1.807, 2.05) is 0 Å². The number of pyridine rings is 1. The van der Waals surface area contributed by atoms with Crippen molar-refractivity contribution in [2.75, 3.05) is 0 Å². The lowest BCUT2D eigenvalue weighted by Gasteiger charge is -2.02. The summed E-state index contributed by atoms with van der Waals surface area (Å²) in [5.74, 6) is 0.0943. The largest absolute Gasteiger partial charge is 0.291 e. The van der Waals surface area contributed by atoms with E-state index in [2.05, 4.69) is 15.0 Å². The van der Waals surface area contributed by atoms with Gasteiger partial charge in [0.25, 0.3) is 0 Å². The Balaban J connectivity index is 2.22. The Hall–Kier alpha value is -2.30. The molecule has 3 aromatic rings. The number of hydrogen-bond acceptors (Lipinski definition) is 3. The minimum absolute atomic E-state index is 0.436. The summed E-state index contributed by atoms with van der Waals surface area (Å²) in [6.07, 6.45) is 8.19. The predicted octanol–water partition coefficient (Wildman–Crippen LogP) is 1.93. The Bertz CT molecular complexity index is 647. The fourth-order valence-electron chi connectivity index (χ4n) is 1.56. The van der Waals surface area contributed by atoms with E-state index >= 15 is 0 Å². The predicted molar refractivity (Wildman–Crippen MR) is 56.2 cm³/mol. The molecule has 3 rings (SSSR count). The average molecular weight is 214 g/mol. The summed E-state index contributed by atoms with van der Waals surface area (Å²) in [5.41, 5.74) is 1.11. The van der Waals surface area contributed by atoms with Gasteiger partial charge in [0.2, 0.25) is 11.7 Å². The van der Waals surface area contributed by atoms with Gasteiger partial charge >= 0.3 is 0 Å². The van der Waals surface area contributed by atoms with Gasteiger partial charge in [-0.2, -0.15) is 4.39 Å². The first-order chi connectivity index (χ1) is 7.84. The van der Waals surface area contributed by atoms with Gasteiger partial charge < -0.3 is 0 Å². The van der Waals surface area contributed by atoms with Crippen molar-refractivity contribution in [1.82, 2.24) is 19.4 Å². The average Bonchev–Trinajstić information content (AvgIpc) is 2.76. The molecule has 0 atom stereocenters. The molecule has 0 spiro atoms. The van der Waals surface area contributed by atoms with Crippen molar-refractivity contribution < 1.29 is 4.39 Å². The molecule has 0 bridgehead atoms. The maximum Gasteiger partial charge on any atom is 0.233 e. The molecule has 0 fully saturated rings. The summed E-state index contributed by atoms with van der Waals surface area (Å²) in [5, 5.41) is 0. The molecule has 0 saturated heterocycles. The van der Waals surface area contributed by atoms with Crippen molar-refractivity contribution in [3.63, 3.8) is 0 Å². The molecule has 78 valence electrons. The van der Waals surface area contributed by atoms with Crippen LogP contribution in [0.3, 0.4) is 0 Å². The second-order valence-corrected chi connectivity index (χ2v) is 3.32. The van der Waals surface area contributed by atoms with E-state index in [0.717, 1.165) is 0 Å². The molecule has 3 heterocycles. The second-order valence-electron chi connectivity index (χ2n) is 3.32. The van der Waals surface area contributed by atoms with Gasteiger partial charge in [-0.05, 0) is 12.1 Å². The van der Waals surface area contributed by atoms with Gasteiger partial charge in [-0.3, -0.25) is 4.40 Å². The van der Waals surface area contributed by atoms with Gasteiger partial charge in [-0.1, -0.05) is 0 Å². The lowest BCUT2D eigenvalue weighted by molar-refractivity contribution is 0.587. The molecule has 4 nitrogen and oxygen atoms in total. The fraction of sp³-hybridized carbons (Fsp3) is 0. The van der Waals surface area contributed by atoms with Gasteiger partial charge in [-0.25, -0.2) is 15.0 Å². The molecule has 0 aliphatic carbocycles. The second kappa shape index (κ2) is 3.37. The van der Waals surface area contributed by atoms with Crippen LogP contribution in [0, 0.1) is 5.95 Å². The van der Waals surface area contributed by atoms with Crippen molar-refractivity contribution in [3.05, 3.63) is 49.1 Å². The third-order valence-electron chi connectivity index (χ3n) is 2.32. The fourth-order valence-corrected chi connectivity index (χ4v) is 1.56. The van der Waals surface area contributed by atoms with Crippen LogP contribution in [0.15, 0.2) is 43.1 Å². The number of fused-ring (bicyclic) bond motifs is 1. The standard InChI is InChI=1S/C11H7FN4/c12-10-9(2-1-3-13-10)8-6-15-11-14-4-5-16(11)7-8/h1-7H. The van der Waals surface area contributed by atoms with E-state index in [-0.39, 0.29) is 0 Å². The Morgan fingerprint density at radius 1 is 1.12 bits per heavy atom. The summed E-state index contributed by atoms with van der Waals surface area (Å²) in [6, 6.07) is 3.36. The molecule has 5 heteroatoms. The molecule has 0 aliphatic rings. The lowest BCUT2D eigenvalue weighted by Crippen LogP contribution is -1.92. The molecule has 0 N–H and O–H groups in total. The van der Waals surface area contributed by atoms with E-state index in [1.165, 1.54) is 6.20 Å². The van der Waals surface area contributed by atoms with Crippen LogP contribution >= 0.6 is 0 Å². The third kappa shape index (κ3) is 1.33. The molecule has 0 aromatic carbocycles. The SMILES string of the molecule is Fc1ncccc1-c1cnc2nccn2c1. The molecule has 0 aliphatic heterocycles. The highest BCUT2D eigenvalue weighted by molar-refractivity contribution is 5.61. The molecular formula is C11H7FN4. The zero-order chi connectivity index (χ0) is 11.0. The number of hydrogen-bond donors (Lipinski definition) is 0. The van der Waals surface area contributed by atoms with Crippen molar-refractivity contribution in [3.8, 4) is 11.1 Å². The van der Waals surface area contributed by atoms with Crippen LogP contribution in [0.5, 0.6) is 0 Å². The van der Waals surface area contributed by atoms with Gasteiger partial charge in [0.1, 0.15) is 0 Å². The van der Waals surface area contributed by atoms with E-state index in [1.54, 1.807) is 41.3 Å². The number of rotatable bonds is 1. The Kier molecular flexibility index (Phi) is 1.89. The van der Waals surface area contributed by atoms with Crippen molar-refractivity contribution in [2.45, 2.75) is 0 Å². The first-order valence-electron chi connectivity index (χ1n) is 4.74.